The molecule has 0 fully saturated rings. The Morgan fingerprint density at radius 2 is 2.20 bits per heavy atom. The number of amides is 2. The van der Waals surface area contributed by atoms with Gasteiger partial charge in [-0.3, -0.25) is 4.90 Å². The summed E-state index contributed by atoms with van der Waals surface area (Å²) >= 11 is 0. The van der Waals surface area contributed by atoms with E-state index in [9.17, 15) is 9.18 Å². The van der Waals surface area contributed by atoms with Gasteiger partial charge in [-0.2, -0.15) is 0 Å². The zero-order valence-electron chi connectivity index (χ0n) is 8.96. The Labute approximate surface area is 88.9 Å². The maximum Gasteiger partial charge on any atom is 0.321 e. The zero-order chi connectivity index (χ0) is 11.3. The second-order valence-corrected chi connectivity index (χ2v) is 3.06. The van der Waals surface area contributed by atoms with E-state index in [0.717, 1.165) is 0 Å². The monoisotopic (exact) mass is 210 g/mol. The van der Waals surface area contributed by atoms with Gasteiger partial charge in [-0.1, -0.05) is 6.07 Å². The minimum atomic E-state index is -0.338. The van der Waals surface area contributed by atoms with Crippen LogP contribution in [0.5, 0.6) is 0 Å². The van der Waals surface area contributed by atoms with Crippen molar-refractivity contribution in [2.45, 2.75) is 13.8 Å². The van der Waals surface area contributed by atoms with Crippen LogP contribution in [0.15, 0.2) is 24.3 Å². The van der Waals surface area contributed by atoms with Crippen molar-refractivity contribution in [2.75, 3.05) is 18.0 Å². The number of urea groups is 1. The molecule has 3 nitrogen and oxygen atoms in total. The van der Waals surface area contributed by atoms with Crippen LogP contribution in [-0.4, -0.2) is 19.1 Å². The number of hydrogen-bond acceptors (Lipinski definition) is 1. The van der Waals surface area contributed by atoms with Crippen LogP contribution in [0.25, 0.3) is 0 Å². The lowest BCUT2D eigenvalue weighted by Crippen LogP contribution is -2.39. The van der Waals surface area contributed by atoms with Gasteiger partial charge in [0.1, 0.15) is 5.82 Å². The zero-order valence-corrected chi connectivity index (χ0v) is 8.96. The van der Waals surface area contributed by atoms with Crippen molar-refractivity contribution in [3.63, 3.8) is 0 Å². The highest BCUT2D eigenvalue weighted by Gasteiger charge is 2.12. The predicted octanol–water partition coefficient (Wildman–Crippen LogP) is 2.38. The number of rotatable bonds is 3. The third kappa shape index (κ3) is 2.94. The Hall–Kier alpha value is -1.58. The third-order valence-electron chi connectivity index (χ3n) is 2.01. The number of carbonyl (C=O) groups excluding carboxylic acids is 1. The van der Waals surface area contributed by atoms with Gasteiger partial charge in [0, 0.05) is 18.8 Å². The highest BCUT2D eigenvalue weighted by atomic mass is 19.1. The van der Waals surface area contributed by atoms with Crippen LogP contribution in [0.2, 0.25) is 0 Å². The molecule has 0 saturated heterocycles. The van der Waals surface area contributed by atoms with Crippen molar-refractivity contribution in [1.29, 1.82) is 0 Å². The van der Waals surface area contributed by atoms with E-state index in [1.807, 2.05) is 13.8 Å². The van der Waals surface area contributed by atoms with Crippen molar-refractivity contribution in [1.82, 2.24) is 5.32 Å². The molecule has 0 aliphatic heterocycles. The average Bonchev–Trinajstić information content (AvgIpc) is 2.19. The summed E-state index contributed by atoms with van der Waals surface area (Å²) in [4.78, 5) is 13.1. The highest BCUT2D eigenvalue weighted by Crippen LogP contribution is 2.15. The minimum absolute atomic E-state index is 0.203. The molecular weight excluding hydrogens is 195 g/mol. The first-order valence-electron chi connectivity index (χ1n) is 5.00. The highest BCUT2D eigenvalue weighted by molar-refractivity contribution is 5.91. The Morgan fingerprint density at radius 1 is 1.47 bits per heavy atom. The van der Waals surface area contributed by atoms with Crippen LogP contribution in [0.3, 0.4) is 0 Å². The molecule has 0 radical (unpaired) electrons. The molecule has 0 bridgehead atoms. The van der Waals surface area contributed by atoms with Crippen molar-refractivity contribution >= 4 is 11.7 Å². The number of hydrogen-bond donors (Lipinski definition) is 1. The summed E-state index contributed by atoms with van der Waals surface area (Å²) in [5.41, 5.74) is 0.573. The minimum Gasteiger partial charge on any atom is -0.338 e. The quantitative estimate of drug-likeness (QED) is 0.816. The Morgan fingerprint density at radius 3 is 2.73 bits per heavy atom. The fraction of sp³-hybridized carbons (Fsp3) is 0.364. The molecule has 0 spiro atoms. The molecule has 1 rings (SSSR count). The lowest BCUT2D eigenvalue weighted by molar-refractivity contribution is 0.247. The normalized spacial score (nSPS) is 9.80. The van der Waals surface area contributed by atoms with Crippen molar-refractivity contribution < 1.29 is 9.18 Å². The second kappa shape index (κ2) is 5.34. The summed E-state index contributed by atoms with van der Waals surface area (Å²) in [6.45, 7) is 4.76. The van der Waals surface area contributed by atoms with Gasteiger partial charge in [0.25, 0.3) is 0 Å². The van der Waals surface area contributed by atoms with Gasteiger partial charge in [-0.15, -0.1) is 0 Å². The number of nitrogens with one attached hydrogen (secondary N) is 1. The van der Waals surface area contributed by atoms with E-state index in [0.29, 0.717) is 18.8 Å². The number of carbonyl (C=O) groups is 1. The molecular formula is C11H15FN2O. The van der Waals surface area contributed by atoms with Gasteiger partial charge in [-0.05, 0) is 32.0 Å². The molecule has 15 heavy (non-hydrogen) atoms. The topological polar surface area (TPSA) is 32.3 Å². The summed E-state index contributed by atoms with van der Waals surface area (Å²) in [5.74, 6) is -0.338. The molecule has 0 saturated carbocycles. The number of anilines is 1. The van der Waals surface area contributed by atoms with Crippen LogP contribution < -0.4 is 10.2 Å². The Kier molecular flexibility index (Phi) is 4.09. The van der Waals surface area contributed by atoms with Gasteiger partial charge in [-0.25, -0.2) is 9.18 Å². The Balaban J connectivity index is 2.87. The molecule has 0 aliphatic rings. The van der Waals surface area contributed by atoms with Crippen molar-refractivity contribution in [3.05, 3.63) is 30.1 Å². The van der Waals surface area contributed by atoms with E-state index in [1.54, 1.807) is 12.1 Å². The van der Waals surface area contributed by atoms with E-state index < -0.39 is 0 Å². The van der Waals surface area contributed by atoms with Crippen LogP contribution in [0, 0.1) is 5.82 Å². The summed E-state index contributed by atoms with van der Waals surface area (Å²) in [5, 5.41) is 2.68. The maximum atomic E-state index is 13.0. The van der Waals surface area contributed by atoms with E-state index in [1.165, 1.54) is 17.0 Å². The molecule has 0 aliphatic carbocycles. The summed E-state index contributed by atoms with van der Waals surface area (Å²) < 4.78 is 13.0. The first-order valence-corrected chi connectivity index (χ1v) is 5.00. The van der Waals surface area contributed by atoms with Gasteiger partial charge in [0.05, 0.1) is 0 Å². The SMILES string of the molecule is CCNC(=O)N(CC)c1cccc(F)c1. The molecule has 0 atom stereocenters. The molecule has 4 heteroatoms. The molecule has 2 amide bonds. The largest absolute Gasteiger partial charge is 0.338 e. The standard InChI is InChI=1S/C11H15FN2O/c1-3-13-11(15)14(4-2)10-7-5-6-9(12)8-10/h5-8H,3-4H2,1-2H3,(H,13,15). The van der Waals surface area contributed by atoms with Crippen LogP contribution in [0.4, 0.5) is 14.9 Å². The lowest BCUT2D eigenvalue weighted by Gasteiger charge is -2.20. The molecule has 0 aromatic heterocycles. The summed E-state index contributed by atoms with van der Waals surface area (Å²) in [6.07, 6.45) is 0. The van der Waals surface area contributed by atoms with Gasteiger partial charge in [0.2, 0.25) is 0 Å². The van der Waals surface area contributed by atoms with E-state index in [4.69, 9.17) is 0 Å². The van der Waals surface area contributed by atoms with Gasteiger partial charge >= 0.3 is 6.03 Å². The first kappa shape index (κ1) is 11.5. The summed E-state index contributed by atoms with van der Waals surface area (Å²) in [7, 11) is 0. The first-order chi connectivity index (χ1) is 7.19. The fourth-order valence-corrected chi connectivity index (χ4v) is 1.33. The summed E-state index contributed by atoms with van der Waals surface area (Å²) in [6, 6.07) is 5.80. The van der Waals surface area contributed by atoms with Gasteiger partial charge in [0.15, 0.2) is 0 Å². The lowest BCUT2D eigenvalue weighted by atomic mass is 10.3. The second-order valence-electron chi connectivity index (χ2n) is 3.06. The molecule has 1 N–H and O–H groups in total. The Bertz CT molecular complexity index is 341. The molecule has 82 valence electrons. The number of benzene rings is 1. The van der Waals surface area contributed by atoms with Crippen LogP contribution in [-0.2, 0) is 0 Å². The van der Waals surface area contributed by atoms with Crippen molar-refractivity contribution in [3.8, 4) is 0 Å². The third-order valence-corrected chi connectivity index (χ3v) is 2.01. The predicted molar refractivity (Wildman–Crippen MR) is 58.5 cm³/mol. The number of nitrogens with zero attached hydrogens (tertiary/aromatic N) is 1. The average molecular weight is 210 g/mol. The maximum absolute atomic E-state index is 13.0. The van der Waals surface area contributed by atoms with Crippen molar-refractivity contribution in [2.24, 2.45) is 0 Å². The number of halogens is 1. The molecule has 1 aromatic carbocycles. The van der Waals surface area contributed by atoms with Crippen LogP contribution in [0.1, 0.15) is 13.8 Å². The van der Waals surface area contributed by atoms with E-state index >= 15 is 0 Å². The molecule has 0 heterocycles. The smallest absolute Gasteiger partial charge is 0.321 e. The van der Waals surface area contributed by atoms with Gasteiger partial charge < -0.3 is 5.32 Å². The molecule has 1 aromatic rings. The fourth-order valence-electron chi connectivity index (χ4n) is 1.33. The van der Waals surface area contributed by atoms with E-state index in [-0.39, 0.29) is 11.8 Å². The van der Waals surface area contributed by atoms with Crippen LogP contribution >= 0.6 is 0 Å². The molecule has 0 unspecified atom stereocenters. The van der Waals surface area contributed by atoms with E-state index in [2.05, 4.69) is 5.32 Å².